The zero-order valence-corrected chi connectivity index (χ0v) is 13.4. The maximum absolute atomic E-state index is 12.0. The smallest absolute Gasteiger partial charge is 0.242 e. The molecule has 0 saturated carbocycles. The zero-order valence-electron chi connectivity index (χ0n) is 12.6. The summed E-state index contributed by atoms with van der Waals surface area (Å²) in [6.45, 7) is 7.36. The van der Waals surface area contributed by atoms with Gasteiger partial charge in [0, 0.05) is 11.2 Å². The second kappa shape index (κ2) is 5.90. The van der Waals surface area contributed by atoms with Gasteiger partial charge in [-0.05, 0) is 45.9 Å². The fourth-order valence-corrected chi connectivity index (χ4v) is 2.34. The number of primary sulfonamides is 1. The summed E-state index contributed by atoms with van der Waals surface area (Å²) in [5, 5.41) is 10.8. The Morgan fingerprint density at radius 3 is 2.29 bits per heavy atom. The molecule has 1 amide bonds. The maximum Gasteiger partial charge on any atom is 0.242 e. The van der Waals surface area contributed by atoms with Gasteiger partial charge in [-0.15, -0.1) is 0 Å². The van der Waals surface area contributed by atoms with E-state index in [1.165, 1.54) is 18.2 Å². The second-order valence-corrected chi connectivity index (χ2v) is 7.43. The summed E-state index contributed by atoms with van der Waals surface area (Å²) in [4.78, 5) is 11.8. The van der Waals surface area contributed by atoms with Crippen LogP contribution in [0.1, 0.15) is 27.7 Å². The van der Waals surface area contributed by atoms with Gasteiger partial charge >= 0.3 is 0 Å². The standard InChI is InChI=1S/C13H22N4O3S/c1-8(12(18)17-13(2,3)4)16-9-5-6-11(10(14)7-9)21(15,19)20/h5-8,16H,14H2,1-4H3,(H,17,18)(H2,15,19,20). The van der Waals surface area contributed by atoms with Crippen LogP contribution in [0.15, 0.2) is 23.1 Å². The molecule has 0 heterocycles. The number of nitrogen functional groups attached to an aromatic ring is 1. The molecule has 0 spiro atoms. The Hall–Kier alpha value is -1.80. The number of carbonyl (C=O) groups excluding carboxylic acids is 1. The molecule has 7 nitrogen and oxygen atoms in total. The minimum absolute atomic E-state index is 0.0333. The van der Waals surface area contributed by atoms with E-state index in [2.05, 4.69) is 10.6 Å². The first kappa shape index (κ1) is 17.3. The number of nitrogens with one attached hydrogen (secondary N) is 2. The van der Waals surface area contributed by atoms with Gasteiger partial charge in [-0.1, -0.05) is 0 Å². The Morgan fingerprint density at radius 1 is 1.29 bits per heavy atom. The van der Waals surface area contributed by atoms with Crippen LogP contribution >= 0.6 is 0 Å². The van der Waals surface area contributed by atoms with Gasteiger partial charge in [0.25, 0.3) is 0 Å². The first-order valence-electron chi connectivity index (χ1n) is 6.41. The molecule has 0 aliphatic heterocycles. The second-order valence-electron chi connectivity index (χ2n) is 5.90. The quantitative estimate of drug-likeness (QED) is 0.606. The van der Waals surface area contributed by atoms with Gasteiger partial charge in [-0.2, -0.15) is 0 Å². The third-order valence-corrected chi connectivity index (χ3v) is 3.58. The number of sulfonamides is 1. The van der Waals surface area contributed by atoms with Crippen molar-refractivity contribution in [1.29, 1.82) is 0 Å². The van der Waals surface area contributed by atoms with Crippen LogP contribution in [0.4, 0.5) is 11.4 Å². The highest BCUT2D eigenvalue weighted by atomic mass is 32.2. The van der Waals surface area contributed by atoms with Crippen LogP contribution in [0.3, 0.4) is 0 Å². The third kappa shape index (κ3) is 5.24. The first-order chi connectivity index (χ1) is 9.40. The summed E-state index contributed by atoms with van der Waals surface area (Å²) < 4.78 is 22.5. The van der Waals surface area contributed by atoms with Gasteiger partial charge in [0.1, 0.15) is 10.9 Å². The van der Waals surface area contributed by atoms with Crippen LogP contribution < -0.4 is 21.5 Å². The Morgan fingerprint density at radius 2 is 1.86 bits per heavy atom. The molecule has 21 heavy (non-hydrogen) atoms. The zero-order chi connectivity index (χ0) is 16.4. The van der Waals surface area contributed by atoms with Gasteiger partial charge in [0.2, 0.25) is 15.9 Å². The van der Waals surface area contributed by atoms with E-state index in [1.54, 1.807) is 6.92 Å². The molecule has 0 radical (unpaired) electrons. The highest BCUT2D eigenvalue weighted by Gasteiger charge is 2.19. The van der Waals surface area contributed by atoms with Crippen molar-refractivity contribution in [2.75, 3.05) is 11.1 Å². The molecule has 0 aromatic heterocycles. The minimum Gasteiger partial charge on any atom is -0.398 e. The molecule has 8 heteroatoms. The molecule has 1 unspecified atom stereocenters. The van der Waals surface area contributed by atoms with E-state index in [0.29, 0.717) is 5.69 Å². The Kier molecular flexibility index (Phi) is 4.85. The van der Waals surface area contributed by atoms with E-state index in [-0.39, 0.29) is 22.0 Å². The average Bonchev–Trinajstić information content (AvgIpc) is 2.24. The molecule has 0 bridgehead atoms. The minimum atomic E-state index is -3.85. The van der Waals surface area contributed by atoms with Crippen LogP contribution in [0.5, 0.6) is 0 Å². The van der Waals surface area contributed by atoms with E-state index in [9.17, 15) is 13.2 Å². The summed E-state index contributed by atoms with van der Waals surface area (Å²) in [6, 6.07) is 3.75. The van der Waals surface area contributed by atoms with Crippen molar-refractivity contribution in [1.82, 2.24) is 5.32 Å². The number of rotatable bonds is 4. The number of hydrogen-bond acceptors (Lipinski definition) is 5. The maximum atomic E-state index is 12.0. The van der Waals surface area contributed by atoms with Crippen LogP contribution in [-0.4, -0.2) is 25.9 Å². The molecule has 1 aromatic carbocycles. The van der Waals surface area contributed by atoms with E-state index in [1.807, 2.05) is 20.8 Å². The van der Waals surface area contributed by atoms with Crippen LogP contribution in [0.2, 0.25) is 0 Å². The first-order valence-corrected chi connectivity index (χ1v) is 7.96. The predicted octanol–water partition coefficient (Wildman–Crippen LogP) is 0.631. The van der Waals surface area contributed by atoms with Crippen LogP contribution in [0, 0.1) is 0 Å². The van der Waals surface area contributed by atoms with Gasteiger partial charge < -0.3 is 16.4 Å². The van der Waals surface area contributed by atoms with Crippen molar-refractivity contribution in [3.63, 3.8) is 0 Å². The fourth-order valence-electron chi connectivity index (χ4n) is 1.69. The van der Waals surface area contributed by atoms with Crippen LogP contribution in [-0.2, 0) is 14.8 Å². The largest absolute Gasteiger partial charge is 0.398 e. The highest BCUT2D eigenvalue weighted by molar-refractivity contribution is 7.89. The molecule has 6 N–H and O–H groups in total. The lowest BCUT2D eigenvalue weighted by molar-refractivity contribution is -0.122. The summed E-state index contributed by atoms with van der Waals surface area (Å²) in [5.41, 5.74) is 5.90. The molecule has 118 valence electrons. The lowest BCUT2D eigenvalue weighted by Crippen LogP contribution is -2.47. The van der Waals surface area contributed by atoms with E-state index >= 15 is 0 Å². The lowest BCUT2D eigenvalue weighted by atomic mass is 10.1. The third-order valence-electron chi connectivity index (χ3n) is 2.59. The monoisotopic (exact) mass is 314 g/mol. The SMILES string of the molecule is CC(Nc1ccc(S(N)(=O)=O)c(N)c1)C(=O)NC(C)(C)C. The molecular formula is C13H22N4O3S. The van der Waals surface area contributed by atoms with E-state index in [0.717, 1.165) is 0 Å². The van der Waals surface area contributed by atoms with Gasteiger partial charge in [-0.25, -0.2) is 13.6 Å². The molecule has 1 rings (SSSR count). The molecule has 0 aliphatic carbocycles. The summed E-state index contributed by atoms with van der Waals surface area (Å²) >= 11 is 0. The van der Waals surface area contributed by atoms with Crippen molar-refractivity contribution in [3.05, 3.63) is 18.2 Å². The summed E-state index contributed by atoms with van der Waals surface area (Å²) in [6.07, 6.45) is 0. The topological polar surface area (TPSA) is 127 Å². The van der Waals surface area contributed by atoms with Gasteiger partial charge in [0.05, 0.1) is 5.69 Å². The number of hydrogen-bond donors (Lipinski definition) is 4. The molecule has 1 atom stereocenters. The number of carbonyl (C=O) groups is 1. The van der Waals surface area contributed by atoms with Gasteiger partial charge in [0.15, 0.2) is 0 Å². The van der Waals surface area contributed by atoms with Gasteiger partial charge in [-0.3, -0.25) is 4.79 Å². The lowest BCUT2D eigenvalue weighted by Gasteiger charge is -2.24. The predicted molar refractivity (Wildman–Crippen MR) is 83.2 cm³/mol. The molecule has 0 saturated heterocycles. The normalized spacial score (nSPS) is 13.6. The molecule has 0 fully saturated rings. The van der Waals surface area contributed by atoms with Crippen molar-refractivity contribution in [2.45, 2.75) is 44.2 Å². The Labute approximate surface area is 125 Å². The van der Waals surface area contributed by atoms with Crippen molar-refractivity contribution >= 4 is 27.3 Å². The number of nitrogens with two attached hydrogens (primary N) is 2. The summed E-state index contributed by atoms with van der Waals surface area (Å²) in [5.74, 6) is -0.170. The Bertz CT molecular complexity index is 635. The van der Waals surface area contributed by atoms with Crippen LogP contribution in [0.25, 0.3) is 0 Å². The average molecular weight is 314 g/mol. The summed E-state index contributed by atoms with van der Waals surface area (Å²) in [7, 11) is -3.85. The Balaban J connectivity index is 2.85. The number of benzene rings is 1. The highest BCUT2D eigenvalue weighted by Crippen LogP contribution is 2.21. The fraction of sp³-hybridized carbons (Fsp3) is 0.462. The van der Waals surface area contributed by atoms with E-state index < -0.39 is 16.1 Å². The molecule has 0 aliphatic rings. The van der Waals surface area contributed by atoms with E-state index in [4.69, 9.17) is 10.9 Å². The number of anilines is 2. The van der Waals surface area contributed by atoms with Crippen molar-refractivity contribution in [2.24, 2.45) is 5.14 Å². The molecule has 1 aromatic rings. The van der Waals surface area contributed by atoms with Crippen molar-refractivity contribution < 1.29 is 13.2 Å². The van der Waals surface area contributed by atoms with Crippen molar-refractivity contribution in [3.8, 4) is 0 Å². The number of amides is 1. The molecular weight excluding hydrogens is 292 g/mol.